The molecule has 3 aliphatic heterocycles. The largest absolute Gasteiger partial charge is 0.312 e. The van der Waals surface area contributed by atoms with Gasteiger partial charge in [-0.25, -0.2) is 0 Å². The molecule has 3 fully saturated rings. The van der Waals surface area contributed by atoms with Crippen molar-refractivity contribution in [3.8, 4) is 0 Å². The number of hydrogen-bond acceptors (Lipinski definition) is 0. The fourth-order valence-corrected chi connectivity index (χ4v) is 1.92. The molecular formula is C8H17N2+2. The summed E-state index contributed by atoms with van der Waals surface area (Å²) < 4.78 is 2.53. The van der Waals surface area contributed by atoms with Crippen molar-refractivity contribution >= 4 is 0 Å². The zero-order chi connectivity index (χ0) is 7.24. The number of hydrogen-bond donors (Lipinski definition) is 0. The number of likely N-dealkylation sites (N-methyl/N-ethyl adjacent to an activating group) is 2. The van der Waals surface area contributed by atoms with Gasteiger partial charge in [0, 0.05) is 0 Å². The third-order valence-electron chi connectivity index (χ3n) is 3.26. The summed E-state index contributed by atoms with van der Waals surface area (Å²) in [4.78, 5) is 0. The molecule has 57 valence electrons. The van der Waals surface area contributed by atoms with E-state index < -0.39 is 0 Å². The lowest BCUT2D eigenvalue weighted by Crippen LogP contribution is -2.69. The van der Waals surface area contributed by atoms with E-state index in [1.54, 1.807) is 0 Å². The van der Waals surface area contributed by atoms with Crippen LogP contribution in [0.1, 0.15) is 0 Å². The van der Waals surface area contributed by atoms with E-state index in [2.05, 4.69) is 20.6 Å². The summed E-state index contributed by atoms with van der Waals surface area (Å²) in [7, 11) is 4.72. The van der Waals surface area contributed by atoms with Crippen molar-refractivity contribution < 1.29 is 8.97 Å². The van der Waals surface area contributed by atoms with Gasteiger partial charge < -0.3 is 8.97 Å². The maximum atomic E-state index is 2.48. The molecular weight excluding hydrogens is 124 g/mol. The Morgan fingerprint density at radius 1 is 1.00 bits per heavy atom. The van der Waals surface area contributed by atoms with Gasteiger partial charge in [-0.15, -0.1) is 0 Å². The Morgan fingerprint density at radius 2 is 1.60 bits per heavy atom. The second kappa shape index (κ2) is 1.74. The molecule has 0 atom stereocenters. The van der Waals surface area contributed by atoms with E-state index in [0.717, 1.165) is 0 Å². The molecule has 3 aliphatic rings. The van der Waals surface area contributed by atoms with E-state index in [0.29, 0.717) is 0 Å². The van der Waals surface area contributed by atoms with Crippen molar-refractivity contribution in [1.82, 2.24) is 0 Å². The average Bonchev–Trinajstić information content (AvgIpc) is 1.93. The number of rotatable bonds is 0. The highest BCUT2D eigenvalue weighted by molar-refractivity contribution is 4.65. The SMILES string of the molecule is C[N+]12[CH]C[N+](C)(CC1)CC2. The second-order valence-corrected chi connectivity index (χ2v) is 4.36. The molecule has 2 nitrogen and oxygen atoms in total. The third-order valence-corrected chi connectivity index (χ3v) is 3.26. The molecule has 0 unspecified atom stereocenters. The highest BCUT2D eigenvalue weighted by atomic mass is 15.5. The number of piperazine rings is 3. The van der Waals surface area contributed by atoms with Crippen LogP contribution < -0.4 is 0 Å². The molecule has 2 bridgehead atoms. The first kappa shape index (κ1) is 6.62. The summed E-state index contributed by atoms with van der Waals surface area (Å²) in [6.07, 6.45) is 0. The zero-order valence-corrected chi connectivity index (χ0v) is 7.01. The summed E-state index contributed by atoms with van der Waals surface area (Å²) >= 11 is 0. The first-order valence-corrected chi connectivity index (χ1v) is 4.14. The minimum atomic E-state index is 1.23. The Hall–Kier alpha value is -0.0800. The van der Waals surface area contributed by atoms with Crippen molar-refractivity contribution in [3.05, 3.63) is 6.54 Å². The van der Waals surface area contributed by atoms with Crippen LogP contribution in [0.4, 0.5) is 0 Å². The van der Waals surface area contributed by atoms with Gasteiger partial charge in [0.1, 0.15) is 32.7 Å². The summed E-state index contributed by atoms with van der Waals surface area (Å²) in [5, 5.41) is 0. The first-order valence-electron chi connectivity index (χ1n) is 4.14. The average molecular weight is 141 g/mol. The summed E-state index contributed by atoms with van der Waals surface area (Å²) in [6, 6.07) is 0. The van der Waals surface area contributed by atoms with Gasteiger partial charge in [-0.3, -0.25) is 0 Å². The maximum Gasteiger partial charge on any atom is 0.197 e. The van der Waals surface area contributed by atoms with Gasteiger partial charge in [-0.05, 0) is 0 Å². The summed E-state index contributed by atoms with van der Waals surface area (Å²) in [5.74, 6) is 0. The molecule has 0 N–H and O–H groups in total. The molecule has 10 heavy (non-hydrogen) atoms. The lowest BCUT2D eigenvalue weighted by molar-refractivity contribution is -1.05. The van der Waals surface area contributed by atoms with Crippen molar-refractivity contribution in [3.63, 3.8) is 0 Å². The van der Waals surface area contributed by atoms with Crippen LogP contribution in [0.5, 0.6) is 0 Å². The van der Waals surface area contributed by atoms with Gasteiger partial charge in [0.25, 0.3) is 0 Å². The van der Waals surface area contributed by atoms with Gasteiger partial charge in [0.2, 0.25) is 0 Å². The maximum absolute atomic E-state index is 2.48. The molecule has 2 heteroatoms. The van der Waals surface area contributed by atoms with E-state index in [-0.39, 0.29) is 0 Å². The molecule has 0 aliphatic carbocycles. The molecule has 0 spiro atoms. The summed E-state index contributed by atoms with van der Waals surface area (Å²) in [5.41, 5.74) is 0. The van der Waals surface area contributed by atoms with Crippen molar-refractivity contribution in [2.75, 3.05) is 46.8 Å². The Bertz CT molecular complexity index is 111. The van der Waals surface area contributed by atoms with Crippen LogP contribution in [0.2, 0.25) is 0 Å². The Balaban J connectivity index is 2.16. The highest BCUT2D eigenvalue weighted by Crippen LogP contribution is 2.24. The Morgan fingerprint density at radius 3 is 1.90 bits per heavy atom. The number of nitrogens with zero attached hydrogens (tertiary/aromatic N) is 2. The van der Waals surface area contributed by atoms with Crippen LogP contribution in [0.15, 0.2) is 0 Å². The van der Waals surface area contributed by atoms with E-state index >= 15 is 0 Å². The minimum Gasteiger partial charge on any atom is -0.312 e. The van der Waals surface area contributed by atoms with Gasteiger partial charge in [0.15, 0.2) is 6.54 Å². The molecule has 3 saturated heterocycles. The van der Waals surface area contributed by atoms with Crippen LogP contribution in [-0.4, -0.2) is 55.8 Å². The first-order chi connectivity index (χ1) is 4.62. The van der Waals surface area contributed by atoms with Crippen molar-refractivity contribution in [1.29, 1.82) is 0 Å². The lowest BCUT2D eigenvalue weighted by Gasteiger charge is -2.51. The van der Waals surface area contributed by atoms with Crippen LogP contribution in [0.25, 0.3) is 0 Å². The fraction of sp³-hybridized carbons (Fsp3) is 0.875. The third kappa shape index (κ3) is 0.867. The van der Waals surface area contributed by atoms with E-state index in [4.69, 9.17) is 0 Å². The quantitative estimate of drug-likeness (QED) is 0.419. The van der Waals surface area contributed by atoms with Crippen LogP contribution >= 0.6 is 0 Å². The van der Waals surface area contributed by atoms with Crippen LogP contribution in [-0.2, 0) is 0 Å². The molecule has 1 radical (unpaired) electrons. The smallest absolute Gasteiger partial charge is 0.197 e. The Labute approximate surface area is 63.2 Å². The topological polar surface area (TPSA) is 0 Å². The normalized spacial score (nSPS) is 53.4. The molecule has 0 aromatic rings. The highest BCUT2D eigenvalue weighted by Gasteiger charge is 2.44. The van der Waals surface area contributed by atoms with Crippen molar-refractivity contribution in [2.24, 2.45) is 0 Å². The lowest BCUT2D eigenvalue weighted by atomic mass is 10.1. The molecule has 3 heterocycles. The van der Waals surface area contributed by atoms with Gasteiger partial charge in [-0.1, -0.05) is 0 Å². The summed E-state index contributed by atoms with van der Waals surface area (Å²) in [6.45, 7) is 9.25. The molecule has 0 aromatic carbocycles. The van der Waals surface area contributed by atoms with E-state index in [1.807, 2.05) is 0 Å². The van der Waals surface area contributed by atoms with Gasteiger partial charge >= 0.3 is 0 Å². The van der Waals surface area contributed by atoms with Gasteiger partial charge in [-0.2, -0.15) is 0 Å². The predicted octanol–water partition coefficient (Wildman–Crippen LogP) is 0.0686. The predicted molar refractivity (Wildman–Crippen MR) is 41.0 cm³/mol. The second-order valence-electron chi connectivity index (χ2n) is 4.36. The van der Waals surface area contributed by atoms with Crippen LogP contribution in [0.3, 0.4) is 0 Å². The number of fused-ring (bicyclic) bond motifs is 3. The van der Waals surface area contributed by atoms with Gasteiger partial charge in [0.05, 0.1) is 14.1 Å². The van der Waals surface area contributed by atoms with E-state index in [9.17, 15) is 0 Å². The zero-order valence-electron chi connectivity index (χ0n) is 7.01. The van der Waals surface area contributed by atoms with E-state index in [1.165, 1.54) is 41.7 Å². The fourth-order valence-electron chi connectivity index (χ4n) is 1.92. The van der Waals surface area contributed by atoms with Crippen LogP contribution in [0, 0.1) is 6.54 Å². The van der Waals surface area contributed by atoms with Crippen molar-refractivity contribution in [2.45, 2.75) is 0 Å². The number of quaternary nitrogens is 2. The molecule has 3 rings (SSSR count). The standard InChI is InChI=1S/C8H17N2/c1-9-3-6-10(2,7-4-9)8-5-9/h3H,4-8H2,1-2H3/q+2. The molecule has 0 saturated carbocycles. The minimum absolute atomic E-state index is 1.23. The molecule has 0 amide bonds. The molecule has 0 aromatic heterocycles. The monoisotopic (exact) mass is 141 g/mol. The Kier molecular flexibility index (Phi) is 1.15.